The molecule has 1 fully saturated rings. The highest BCUT2D eigenvalue weighted by molar-refractivity contribution is 5.94. The van der Waals surface area contributed by atoms with Gasteiger partial charge in [0.2, 0.25) is 0 Å². The SMILES string of the molecule is CCN(CC)C(=O)c1nn(CC(=O)CCC2CCC(Oc3ccc(F)cc3C)CC2)c2c1CCCC2. The van der Waals surface area contributed by atoms with Gasteiger partial charge >= 0.3 is 0 Å². The molecule has 196 valence electrons. The fraction of sp³-hybridized carbons (Fsp3) is 0.621. The van der Waals surface area contributed by atoms with Crippen LogP contribution in [0.5, 0.6) is 5.75 Å². The zero-order valence-electron chi connectivity index (χ0n) is 22.0. The molecule has 0 unspecified atom stereocenters. The number of carbonyl (C=O) groups is 2. The molecule has 0 aliphatic heterocycles. The van der Waals surface area contributed by atoms with Crippen LogP contribution in [0.4, 0.5) is 4.39 Å². The summed E-state index contributed by atoms with van der Waals surface area (Å²) in [5.41, 5.74) is 3.51. The molecule has 6 nitrogen and oxygen atoms in total. The molecule has 2 aliphatic carbocycles. The number of aryl methyl sites for hydroxylation is 1. The van der Waals surface area contributed by atoms with Crippen LogP contribution in [0.25, 0.3) is 0 Å². The van der Waals surface area contributed by atoms with E-state index in [4.69, 9.17) is 4.74 Å². The number of aromatic nitrogens is 2. The predicted molar refractivity (Wildman–Crippen MR) is 138 cm³/mol. The Kier molecular flexibility index (Phi) is 8.81. The molecule has 1 saturated carbocycles. The zero-order valence-corrected chi connectivity index (χ0v) is 22.0. The van der Waals surface area contributed by atoms with Gasteiger partial charge in [-0.25, -0.2) is 4.39 Å². The maximum Gasteiger partial charge on any atom is 0.274 e. The molecular formula is C29H40FN3O3. The third kappa shape index (κ3) is 6.16. The minimum Gasteiger partial charge on any atom is -0.490 e. The fourth-order valence-corrected chi connectivity index (χ4v) is 5.71. The summed E-state index contributed by atoms with van der Waals surface area (Å²) in [4.78, 5) is 27.8. The Bertz CT molecular complexity index is 1070. The smallest absolute Gasteiger partial charge is 0.274 e. The molecule has 0 atom stereocenters. The number of amides is 1. The molecular weight excluding hydrogens is 457 g/mol. The van der Waals surface area contributed by atoms with Crippen LogP contribution in [-0.2, 0) is 24.2 Å². The highest BCUT2D eigenvalue weighted by Crippen LogP contribution is 2.32. The highest BCUT2D eigenvalue weighted by atomic mass is 19.1. The molecule has 0 spiro atoms. The number of ether oxygens (including phenoxy) is 1. The van der Waals surface area contributed by atoms with E-state index < -0.39 is 0 Å². The van der Waals surface area contributed by atoms with Crippen molar-refractivity contribution in [3.8, 4) is 5.75 Å². The van der Waals surface area contributed by atoms with Crippen molar-refractivity contribution < 1.29 is 18.7 Å². The van der Waals surface area contributed by atoms with Crippen molar-refractivity contribution in [2.45, 2.75) is 97.6 Å². The normalized spacial score (nSPS) is 19.6. The maximum absolute atomic E-state index is 13.3. The topological polar surface area (TPSA) is 64.4 Å². The van der Waals surface area contributed by atoms with Gasteiger partial charge in [-0.3, -0.25) is 14.3 Å². The van der Waals surface area contributed by atoms with E-state index in [1.807, 2.05) is 25.5 Å². The second kappa shape index (κ2) is 12.0. The van der Waals surface area contributed by atoms with Crippen LogP contribution >= 0.6 is 0 Å². The lowest BCUT2D eigenvalue weighted by atomic mass is 9.84. The van der Waals surface area contributed by atoms with Crippen molar-refractivity contribution in [2.24, 2.45) is 5.92 Å². The number of ketones is 1. The quantitative estimate of drug-likeness (QED) is 0.424. The van der Waals surface area contributed by atoms with E-state index >= 15 is 0 Å². The average Bonchev–Trinajstić information content (AvgIpc) is 3.24. The molecule has 1 amide bonds. The van der Waals surface area contributed by atoms with Gasteiger partial charge in [0.15, 0.2) is 11.5 Å². The van der Waals surface area contributed by atoms with Gasteiger partial charge < -0.3 is 9.64 Å². The first-order valence-corrected chi connectivity index (χ1v) is 13.7. The molecule has 1 heterocycles. The van der Waals surface area contributed by atoms with E-state index in [1.165, 1.54) is 12.1 Å². The Morgan fingerprint density at radius 3 is 2.53 bits per heavy atom. The predicted octanol–water partition coefficient (Wildman–Crippen LogP) is 5.68. The van der Waals surface area contributed by atoms with Gasteiger partial charge in [0.05, 0.1) is 12.6 Å². The molecule has 4 rings (SSSR count). The molecule has 0 bridgehead atoms. The number of halogens is 1. The lowest BCUT2D eigenvalue weighted by Gasteiger charge is -2.29. The monoisotopic (exact) mass is 497 g/mol. The first kappa shape index (κ1) is 26.4. The summed E-state index contributed by atoms with van der Waals surface area (Å²) in [7, 11) is 0. The van der Waals surface area contributed by atoms with E-state index in [0.717, 1.165) is 80.4 Å². The lowest BCUT2D eigenvalue weighted by Crippen LogP contribution is -2.31. The Balaban J connectivity index is 1.29. The van der Waals surface area contributed by atoms with Gasteiger partial charge in [0.1, 0.15) is 11.6 Å². The summed E-state index contributed by atoms with van der Waals surface area (Å²) in [6.07, 6.45) is 9.48. The van der Waals surface area contributed by atoms with E-state index in [-0.39, 0.29) is 30.2 Å². The number of hydrogen-bond acceptors (Lipinski definition) is 4. The number of fused-ring (bicyclic) bond motifs is 1. The van der Waals surface area contributed by atoms with Crippen molar-refractivity contribution in [3.63, 3.8) is 0 Å². The average molecular weight is 498 g/mol. The van der Waals surface area contributed by atoms with Crippen molar-refractivity contribution in [2.75, 3.05) is 13.1 Å². The molecule has 0 N–H and O–H groups in total. The summed E-state index contributed by atoms with van der Waals surface area (Å²) in [5.74, 6) is 1.22. The third-order valence-corrected chi connectivity index (χ3v) is 7.89. The minimum absolute atomic E-state index is 0.0147. The van der Waals surface area contributed by atoms with Gasteiger partial charge in [0, 0.05) is 30.8 Å². The van der Waals surface area contributed by atoms with Crippen molar-refractivity contribution in [3.05, 3.63) is 46.5 Å². The molecule has 2 aliphatic rings. The molecule has 1 aromatic carbocycles. The molecule has 0 saturated heterocycles. The second-order valence-electron chi connectivity index (χ2n) is 10.4. The van der Waals surface area contributed by atoms with Crippen molar-refractivity contribution in [1.29, 1.82) is 0 Å². The van der Waals surface area contributed by atoms with Crippen molar-refractivity contribution in [1.82, 2.24) is 14.7 Å². The summed E-state index contributed by atoms with van der Waals surface area (Å²) in [5, 5.41) is 4.67. The van der Waals surface area contributed by atoms with Crippen LogP contribution in [0.2, 0.25) is 0 Å². The first-order chi connectivity index (χ1) is 17.4. The Hall–Kier alpha value is -2.70. The number of carbonyl (C=O) groups excluding carboxylic acids is 2. The summed E-state index contributed by atoms with van der Waals surface area (Å²) in [6, 6.07) is 4.66. The van der Waals surface area contributed by atoms with E-state index in [1.54, 1.807) is 11.0 Å². The van der Waals surface area contributed by atoms with Crippen LogP contribution in [0.15, 0.2) is 18.2 Å². The molecule has 1 aromatic heterocycles. The van der Waals surface area contributed by atoms with E-state index in [0.29, 0.717) is 31.1 Å². The van der Waals surface area contributed by atoms with Crippen LogP contribution in [0.3, 0.4) is 0 Å². The Morgan fingerprint density at radius 1 is 1.11 bits per heavy atom. The van der Waals surface area contributed by atoms with E-state index in [2.05, 4.69) is 5.10 Å². The summed E-state index contributed by atoms with van der Waals surface area (Å²) < 4.78 is 21.3. The lowest BCUT2D eigenvalue weighted by molar-refractivity contribution is -0.120. The molecule has 36 heavy (non-hydrogen) atoms. The van der Waals surface area contributed by atoms with Crippen LogP contribution in [-0.4, -0.2) is 45.6 Å². The number of nitrogens with zero attached hydrogens (tertiary/aromatic N) is 3. The van der Waals surface area contributed by atoms with Gasteiger partial charge in [-0.05, 0) is 108 Å². The third-order valence-electron chi connectivity index (χ3n) is 7.89. The minimum atomic E-state index is -0.240. The summed E-state index contributed by atoms with van der Waals surface area (Å²) >= 11 is 0. The van der Waals surface area contributed by atoms with Gasteiger partial charge in [-0.1, -0.05) is 0 Å². The maximum atomic E-state index is 13.3. The van der Waals surface area contributed by atoms with Gasteiger partial charge in [-0.15, -0.1) is 0 Å². The number of benzene rings is 1. The van der Waals surface area contributed by atoms with Crippen molar-refractivity contribution >= 4 is 11.7 Å². The van der Waals surface area contributed by atoms with E-state index in [9.17, 15) is 14.0 Å². The standard InChI is InChI=1S/C29H40FN3O3/c1-4-32(5-2)29(35)28-25-8-6-7-9-26(25)33(31-28)19-23(34)14-10-21-11-15-24(16-12-21)36-27-17-13-22(30)18-20(27)3/h13,17-18,21,24H,4-12,14-16,19H2,1-3H3. The molecule has 7 heteroatoms. The van der Waals surface area contributed by atoms with Crippen LogP contribution in [0, 0.1) is 18.7 Å². The van der Waals surface area contributed by atoms with Gasteiger partial charge in [0.25, 0.3) is 5.91 Å². The first-order valence-electron chi connectivity index (χ1n) is 13.7. The van der Waals surface area contributed by atoms with Gasteiger partial charge in [-0.2, -0.15) is 5.10 Å². The summed E-state index contributed by atoms with van der Waals surface area (Å²) in [6.45, 7) is 7.42. The number of hydrogen-bond donors (Lipinski definition) is 0. The van der Waals surface area contributed by atoms with Crippen LogP contribution < -0.4 is 4.74 Å². The Morgan fingerprint density at radius 2 is 1.83 bits per heavy atom. The highest BCUT2D eigenvalue weighted by Gasteiger charge is 2.28. The molecule has 0 radical (unpaired) electrons. The number of Topliss-reactive ketones (excluding diaryl/α,β-unsaturated/α-hetero) is 1. The van der Waals surface area contributed by atoms with Crippen LogP contribution in [0.1, 0.15) is 92.5 Å². The number of rotatable bonds is 10. The zero-order chi connectivity index (χ0) is 25.7. The molecule has 2 aromatic rings. The fourth-order valence-electron chi connectivity index (χ4n) is 5.71. The largest absolute Gasteiger partial charge is 0.490 e. The second-order valence-corrected chi connectivity index (χ2v) is 10.4. The Labute approximate surface area is 214 Å².